The summed E-state index contributed by atoms with van der Waals surface area (Å²) < 4.78 is 6.01. The molecule has 4 unspecified atom stereocenters. The van der Waals surface area contributed by atoms with Crippen LogP contribution in [0, 0.1) is 32.6 Å². The van der Waals surface area contributed by atoms with E-state index in [2.05, 4.69) is 46.8 Å². The first-order valence-corrected chi connectivity index (χ1v) is 8.26. The molecule has 2 rings (SSSR count). The van der Waals surface area contributed by atoms with Gasteiger partial charge >= 0.3 is 0 Å². The van der Waals surface area contributed by atoms with Gasteiger partial charge in [0.05, 0.1) is 12.7 Å². The summed E-state index contributed by atoms with van der Waals surface area (Å²) in [5.74, 6) is 1.53. The van der Waals surface area contributed by atoms with Gasteiger partial charge in [0.2, 0.25) is 0 Å². The van der Waals surface area contributed by atoms with Crippen molar-refractivity contribution in [3.05, 3.63) is 34.4 Å². The van der Waals surface area contributed by atoms with Crippen LogP contribution in [0.3, 0.4) is 0 Å². The molecule has 0 bridgehead atoms. The molecule has 1 saturated carbocycles. The average Bonchev–Trinajstić information content (AvgIpc) is 2.39. The lowest BCUT2D eigenvalue weighted by Crippen LogP contribution is -2.28. The first-order valence-electron chi connectivity index (χ1n) is 8.26. The van der Waals surface area contributed by atoms with Crippen molar-refractivity contribution in [2.75, 3.05) is 6.61 Å². The van der Waals surface area contributed by atoms with Gasteiger partial charge in [0, 0.05) is 0 Å². The summed E-state index contributed by atoms with van der Waals surface area (Å²) in [6.45, 7) is 11.3. The number of ether oxygens (including phenoxy) is 1. The van der Waals surface area contributed by atoms with Gasteiger partial charge in [0.1, 0.15) is 6.10 Å². The number of aliphatic hydroxyl groups excluding tert-OH is 1. The number of hydrogen-bond donors (Lipinski definition) is 1. The summed E-state index contributed by atoms with van der Waals surface area (Å²) in [6.07, 6.45) is 3.30. The third kappa shape index (κ3) is 4.08. The number of benzene rings is 1. The third-order valence-corrected chi connectivity index (χ3v) is 5.11. The van der Waals surface area contributed by atoms with E-state index in [0.717, 1.165) is 41.4 Å². The van der Waals surface area contributed by atoms with Crippen LogP contribution < -0.4 is 0 Å². The molecule has 118 valence electrons. The number of aryl methyl sites for hydroxylation is 3. The topological polar surface area (TPSA) is 29.5 Å². The zero-order valence-electron chi connectivity index (χ0n) is 14.1. The Kier molecular flexibility index (Phi) is 5.45. The van der Waals surface area contributed by atoms with Crippen molar-refractivity contribution in [3.63, 3.8) is 0 Å². The molecular weight excluding hydrogens is 260 g/mol. The highest BCUT2D eigenvalue weighted by molar-refractivity contribution is 5.38. The van der Waals surface area contributed by atoms with Crippen molar-refractivity contribution < 1.29 is 9.84 Å². The van der Waals surface area contributed by atoms with Crippen LogP contribution in [0.4, 0.5) is 0 Å². The smallest absolute Gasteiger partial charge is 0.103 e. The highest BCUT2D eigenvalue weighted by Crippen LogP contribution is 2.32. The molecule has 0 radical (unpaired) electrons. The van der Waals surface area contributed by atoms with Gasteiger partial charge in [0.25, 0.3) is 0 Å². The predicted molar refractivity (Wildman–Crippen MR) is 87.5 cm³/mol. The van der Waals surface area contributed by atoms with Gasteiger partial charge < -0.3 is 9.84 Å². The summed E-state index contributed by atoms with van der Waals surface area (Å²) in [5.41, 5.74) is 4.61. The molecular formula is C19H30O2. The van der Waals surface area contributed by atoms with E-state index in [1.165, 1.54) is 12.0 Å². The molecule has 0 aromatic heterocycles. The van der Waals surface area contributed by atoms with Gasteiger partial charge in [-0.3, -0.25) is 0 Å². The Balaban J connectivity index is 1.95. The minimum atomic E-state index is -0.514. The highest BCUT2D eigenvalue weighted by atomic mass is 16.5. The van der Waals surface area contributed by atoms with E-state index in [-0.39, 0.29) is 0 Å². The quantitative estimate of drug-likeness (QED) is 0.885. The largest absolute Gasteiger partial charge is 0.386 e. The van der Waals surface area contributed by atoms with Crippen LogP contribution in [0.1, 0.15) is 61.5 Å². The Morgan fingerprint density at radius 3 is 2.29 bits per heavy atom. The lowest BCUT2D eigenvalue weighted by molar-refractivity contribution is -0.0400. The van der Waals surface area contributed by atoms with E-state index in [0.29, 0.717) is 12.7 Å². The van der Waals surface area contributed by atoms with E-state index < -0.39 is 6.10 Å². The Morgan fingerprint density at radius 2 is 1.71 bits per heavy atom. The molecule has 1 N–H and O–H groups in total. The molecule has 4 atom stereocenters. The summed E-state index contributed by atoms with van der Waals surface area (Å²) in [7, 11) is 0. The molecule has 0 heterocycles. The zero-order valence-corrected chi connectivity index (χ0v) is 14.1. The first-order chi connectivity index (χ1) is 9.88. The number of rotatable bonds is 4. The molecule has 21 heavy (non-hydrogen) atoms. The van der Waals surface area contributed by atoms with Crippen LogP contribution in [0.15, 0.2) is 12.1 Å². The second-order valence-corrected chi connectivity index (χ2v) is 7.05. The molecule has 0 saturated heterocycles. The third-order valence-electron chi connectivity index (χ3n) is 5.11. The lowest BCUT2D eigenvalue weighted by Gasteiger charge is -2.32. The summed E-state index contributed by atoms with van der Waals surface area (Å²) in [6, 6.07) is 4.27. The number of aliphatic hydroxyl groups is 1. The number of hydrogen-bond acceptors (Lipinski definition) is 2. The molecule has 1 fully saturated rings. The maximum Gasteiger partial charge on any atom is 0.103 e. The van der Waals surface area contributed by atoms with Gasteiger partial charge in [-0.15, -0.1) is 0 Å². The summed E-state index contributed by atoms with van der Waals surface area (Å²) in [5, 5.41) is 10.5. The normalized spacial score (nSPS) is 27.6. The van der Waals surface area contributed by atoms with Crippen LogP contribution in [-0.4, -0.2) is 17.8 Å². The standard InChI is InChI=1S/C19H30O2/c1-12-8-15(4)19(16(5)9-12)18(20)11-21-17-7-6-13(2)14(3)10-17/h8-9,13-14,17-18,20H,6-7,10-11H2,1-5H3. The van der Waals surface area contributed by atoms with Gasteiger partial charge in [0.15, 0.2) is 0 Å². The van der Waals surface area contributed by atoms with Crippen LogP contribution in [0.25, 0.3) is 0 Å². The molecule has 1 aliphatic carbocycles. The zero-order chi connectivity index (χ0) is 15.6. The van der Waals surface area contributed by atoms with E-state index in [1.807, 2.05) is 0 Å². The molecule has 1 aliphatic rings. The van der Waals surface area contributed by atoms with Crippen molar-refractivity contribution in [2.45, 2.75) is 66.1 Å². The molecule has 2 nitrogen and oxygen atoms in total. The maximum atomic E-state index is 10.5. The Morgan fingerprint density at radius 1 is 1.10 bits per heavy atom. The van der Waals surface area contributed by atoms with E-state index >= 15 is 0 Å². The average molecular weight is 290 g/mol. The fourth-order valence-corrected chi connectivity index (χ4v) is 3.68. The monoisotopic (exact) mass is 290 g/mol. The van der Waals surface area contributed by atoms with Crippen molar-refractivity contribution in [2.24, 2.45) is 11.8 Å². The van der Waals surface area contributed by atoms with Crippen LogP contribution in [-0.2, 0) is 4.74 Å². The summed E-state index contributed by atoms with van der Waals surface area (Å²) in [4.78, 5) is 0. The van der Waals surface area contributed by atoms with E-state index in [9.17, 15) is 5.11 Å². The molecule has 2 heteroatoms. The summed E-state index contributed by atoms with van der Waals surface area (Å²) >= 11 is 0. The highest BCUT2D eigenvalue weighted by Gasteiger charge is 2.26. The molecule has 0 spiro atoms. The lowest BCUT2D eigenvalue weighted by atomic mass is 9.80. The molecule has 0 amide bonds. The van der Waals surface area contributed by atoms with E-state index in [4.69, 9.17) is 4.74 Å². The van der Waals surface area contributed by atoms with Gasteiger partial charge in [-0.25, -0.2) is 0 Å². The Bertz CT molecular complexity index is 457. The fourth-order valence-electron chi connectivity index (χ4n) is 3.68. The fraction of sp³-hybridized carbons (Fsp3) is 0.684. The second kappa shape index (κ2) is 6.93. The molecule has 1 aromatic carbocycles. The molecule has 1 aromatic rings. The van der Waals surface area contributed by atoms with Crippen LogP contribution in [0.2, 0.25) is 0 Å². The van der Waals surface area contributed by atoms with Crippen LogP contribution in [0.5, 0.6) is 0 Å². The van der Waals surface area contributed by atoms with Crippen molar-refractivity contribution in [1.82, 2.24) is 0 Å². The minimum absolute atomic E-state index is 0.317. The Labute approximate surface area is 129 Å². The predicted octanol–water partition coefficient (Wildman–Crippen LogP) is 4.49. The maximum absolute atomic E-state index is 10.5. The Hall–Kier alpha value is -0.860. The first kappa shape index (κ1) is 16.5. The van der Waals surface area contributed by atoms with Crippen molar-refractivity contribution in [3.8, 4) is 0 Å². The van der Waals surface area contributed by atoms with Gasteiger partial charge in [-0.05, 0) is 68.6 Å². The second-order valence-electron chi connectivity index (χ2n) is 7.05. The van der Waals surface area contributed by atoms with E-state index in [1.54, 1.807) is 0 Å². The van der Waals surface area contributed by atoms with Crippen LogP contribution >= 0.6 is 0 Å². The minimum Gasteiger partial charge on any atom is -0.386 e. The van der Waals surface area contributed by atoms with Gasteiger partial charge in [-0.1, -0.05) is 31.5 Å². The SMILES string of the molecule is Cc1cc(C)c(C(O)COC2CCC(C)C(C)C2)c(C)c1. The van der Waals surface area contributed by atoms with Crippen molar-refractivity contribution in [1.29, 1.82) is 0 Å². The van der Waals surface area contributed by atoms with Gasteiger partial charge in [-0.2, -0.15) is 0 Å². The molecule has 0 aliphatic heterocycles. The van der Waals surface area contributed by atoms with Crippen molar-refractivity contribution >= 4 is 0 Å².